The van der Waals surface area contributed by atoms with Crippen molar-refractivity contribution in [3.05, 3.63) is 78.0 Å². The third-order valence-corrected chi connectivity index (χ3v) is 5.01. The Hall–Kier alpha value is -3.58. The second-order valence-corrected chi connectivity index (χ2v) is 7.19. The van der Waals surface area contributed by atoms with Crippen LogP contribution in [0.2, 0.25) is 0 Å². The lowest BCUT2D eigenvalue weighted by Gasteiger charge is -2.05. The minimum atomic E-state index is -0.328. The molecule has 2 aromatic heterocycles. The summed E-state index contributed by atoms with van der Waals surface area (Å²) in [5.41, 5.74) is 4.38. The first kappa shape index (κ1) is 21.1. The van der Waals surface area contributed by atoms with Gasteiger partial charge >= 0.3 is 0 Å². The Balaban J connectivity index is 1.63. The van der Waals surface area contributed by atoms with Crippen LogP contribution in [0.5, 0.6) is 0 Å². The quantitative estimate of drug-likeness (QED) is 0.439. The van der Waals surface area contributed by atoms with E-state index in [1.165, 1.54) is 11.3 Å². The maximum atomic E-state index is 12.2. The van der Waals surface area contributed by atoms with Crippen LogP contribution < -0.4 is 10.6 Å². The van der Waals surface area contributed by atoms with Crippen molar-refractivity contribution < 1.29 is 9.59 Å². The molecule has 0 saturated heterocycles. The molecule has 3 rings (SSSR count). The summed E-state index contributed by atoms with van der Waals surface area (Å²) in [6.07, 6.45) is 8.68. The molecule has 30 heavy (non-hydrogen) atoms. The molecule has 0 radical (unpaired) electrons. The summed E-state index contributed by atoms with van der Waals surface area (Å²) in [5.74, 6) is -0.621. The average molecular weight is 419 g/mol. The highest BCUT2D eigenvalue weighted by Gasteiger charge is 2.11. The number of aromatic nitrogens is 2. The number of thiazole rings is 1. The number of pyridine rings is 1. The number of rotatable bonds is 7. The molecule has 0 aliphatic rings. The number of hydrogen-bond acceptors (Lipinski definition) is 5. The second kappa shape index (κ2) is 10.3. The minimum Gasteiger partial charge on any atom is -0.343 e. The monoisotopic (exact) mass is 418 g/mol. The third-order valence-electron chi connectivity index (χ3n) is 4.25. The van der Waals surface area contributed by atoms with Crippen LogP contribution in [0.3, 0.4) is 0 Å². The van der Waals surface area contributed by atoms with Crippen molar-refractivity contribution in [1.82, 2.24) is 15.3 Å². The molecule has 0 bridgehead atoms. The topological polar surface area (TPSA) is 84.0 Å². The molecule has 2 N–H and O–H groups in total. The van der Waals surface area contributed by atoms with Crippen LogP contribution >= 0.6 is 11.3 Å². The van der Waals surface area contributed by atoms with Crippen LogP contribution in [0.15, 0.2) is 78.0 Å². The first-order valence-corrected chi connectivity index (χ1v) is 10.3. The molecule has 0 saturated carbocycles. The van der Waals surface area contributed by atoms with Gasteiger partial charge in [0.25, 0.3) is 5.91 Å². The van der Waals surface area contributed by atoms with Gasteiger partial charge in [0.2, 0.25) is 5.91 Å². The maximum Gasteiger partial charge on any atom is 0.251 e. The molecule has 0 spiro atoms. The Morgan fingerprint density at radius 2 is 1.83 bits per heavy atom. The van der Waals surface area contributed by atoms with Crippen LogP contribution in [0.4, 0.5) is 5.13 Å². The van der Waals surface area contributed by atoms with Gasteiger partial charge in [-0.15, -0.1) is 11.3 Å². The number of allylic oxidation sites excluding steroid dienone is 2. The van der Waals surface area contributed by atoms with E-state index in [2.05, 4.69) is 26.7 Å². The lowest BCUT2D eigenvalue weighted by molar-refractivity contribution is -0.121. The molecule has 2 amide bonds. The zero-order chi connectivity index (χ0) is 21.3. The summed E-state index contributed by atoms with van der Waals surface area (Å²) in [6, 6.07) is 11.9. The van der Waals surface area contributed by atoms with Crippen LogP contribution in [-0.2, 0) is 9.59 Å². The van der Waals surface area contributed by atoms with Crippen LogP contribution in [0.1, 0.15) is 13.8 Å². The third kappa shape index (κ3) is 5.48. The molecule has 0 unspecified atom stereocenters. The molecule has 0 atom stereocenters. The standard InChI is InChI=1S/C23H22N4O2S/c1-3-6-16(4-2)22(29)25-14-21(28)27-23-26-20(15-30-23)19-8-5-7-18(13-19)17-9-11-24-12-10-17/h3-13,15H,14H2,1-2H3,(H,25,29)(H,26,27,28)/b6-3-,16-4+. The van der Waals surface area contributed by atoms with E-state index in [0.29, 0.717) is 10.7 Å². The number of amides is 2. The Labute approximate surface area is 179 Å². The summed E-state index contributed by atoms with van der Waals surface area (Å²) in [7, 11) is 0. The normalized spacial score (nSPS) is 11.5. The zero-order valence-electron chi connectivity index (χ0n) is 16.8. The van der Waals surface area contributed by atoms with E-state index < -0.39 is 0 Å². The summed E-state index contributed by atoms with van der Waals surface area (Å²) >= 11 is 1.34. The molecule has 6 nitrogen and oxygen atoms in total. The van der Waals surface area contributed by atoms with Crippen molar-refractivity contribution in [2.45, 2.75) is 13.8 Å². The van der Waals surface area contributed by atoms with E-state index in [9.17, 15) is 9.59 Å². The smallest absolute Gasteiger partial charge is 0.251 e. The zero-order valence-corrected chi connectivity index (χ0v) is 17.6. The van der Waals surface area contributed by atoms with Crippen molar-refractivity contribution in [2.75, 3.05) is 11.9 Å². The minimum absolute atomic E-state index is 0.125. The van der Waals surface area contributed by atoms with Crippen molar-refractivity contribution in [2.24, 2.45) is 0 Å². The number of nitrogens with zero attached hydrogens (tertiary/aromatic N) is 2. The van der Waals surface area contributed by atoms with Gasteiger partial charge in [-0.25, -0.2) is 4.98 Å². The molecule has 2 heterocycles. The SMILES string of the molecule is C/C=C\C(=C/C)C(=O)NCC(=O)Nc1nc(-c2cccc(-c3ccncc3)c2)cs1. The molecule has 0 aliphatic carbocycles. The fourth-order valence-electron chi connectivity index (χ4n) is 2.77. The molecular weight excluding hydrogens is 396 g/mol. The van der Waals surface area contributed by atoms with Gasteiger partial charge in [-0.1, -0.05) is 36.4 Å². The molecule has 152 valence electrons. The Morgan fingerprint density at radius 1 is 1.07 bits per heavy atom. The summed E-state index contributed by atoms with van der Waals surface area (Å²) in [6.45, 7) is 3.48. The Bertz CT molecular complexity index is 1090. The van der Waals surface area contributed by atoms with Gasteiger partial charge in [-0.05, 0) is 43.2 Å². The highest BCUT2D eigenvalue weighted by atomic mass is 32.1. The maximum absolute atomic E-state index is 12.2. The first-order chi connectivity index (χ1) is 14.6. The summed E-state index contributed by atoms with van der Waals surface area (Å²) in [4.78, 5) is 32.7. The van der Waals surface area contributed by atoms with E-state index in [0.717, 1.165) is 22.4 Å². The van der Waals surface area contributed by atoms with Crippen LogP contribution in [-0.4, -0.2) is 28.3 Å². The molecule has 3 aromatic rings. The van der Waals surface area contributed by atoms with E-state index in [4.69, 9.17) is 0 Å². The largest absolute Gasteiger partial charge is 0.343 e. The van der Waals surface area contributed by atoms with Crippen molar-refractivity contribution in [3.8, 4) is 22.4 Å². The van der Waals surface area contributed by atoms with Gasteiger partial charge in [0.05, 0.1) is 12.2 Å². The Morgan fingerprint density at radius 3 is 2.57 bits per heavy atom. The van der Waals surface area contributed by atoms with Crippen LogP contribution in [0.25, 0.3) is 22.4 Å². The number of nitrogens with one attached hydrogen (secondary N) is 2. The summed E-state index contributed by atoms with van der Waals surface area (Å²) < 4.78 is 0. The fraction of sp³-hybridized carbons (Fsp3) is 0.130. The fourth-order valence-corrected chi connectivity index (χ4v) is 3.51. The molecule has 1 aromatic carbocycles. The highest BCUT2D eigenvalue weighted by Crippen LogP contribution is 2.28. The molecule has 7 heteroatoms. The predicted molar refractivity (Wildman–Crippen MR) is 121 cm³/mol. The van der Waals surface area contributed by atoms with Crippen LogP contribution in [0, 0.1) is 0 Å². The predicted octanol–water partition coefficient (Wildman–Crippen LogP) is 4.45. The number of benzene rings is 1. The average Bonchev–Trinajstić information content (AvgIpc) is 3.25. The number of hydrogen-bond donors (Lipinski definition) is 2. The number of carbonyl (C=O) groups is 2. The summed E-state index contributed by atoms with van der Waals surface area (Å²) in [5, 5.41) is 7.71. The van der Waals surface area contributed by atoms with Gasteiger partial charge in [0, 0.05) is 28.9 Å². The molecule has 0 aliphatic heterocycles. The van der Waals surface area contributed by atoms with Crippen molar-refractivity contribution >= 4 is 28.3 Å². The first-order valence-electron chi connectivity index (χ1n) is 9.44. The van der Waals surface area contributed by atoms with E-state index >= 15 is 0 Å². The number of anilines is 1. The molecule has 0 fully saturated rings. The van der Waals surface area contributed by atoms with Gasteiger partial charge in [0.1, 0.15) is 0 Å². The Kier molecular flexibility index (Phi) is 7.24. The van der Waals surface area contributed by atoms with Gasteiger partial charge in [-0.3, -0.25) is 14.6 Å². The molecular formula is C23H22N4O2S. The number of carbonyl (C=O) groups excluding carboxylic acids is 2. The van der Waals surface area contributed by atoms with Crippen molar-refractivity contribution in [3.63, 3.8) is 0 Å². The van der Waals surface area contributed by atoms with Gasteiger partial charge in [0.15, 0.2) is 5.13 Å². The van der Waals surface area contributed by atoms with E-state index in [1.807, 2.05) is 42.6 Å². The van der Waals surface area contributed by atoms with Crippen molar-refractivity contribution in [1.29, 1.82) is 0 Å². The van der Waals surface area contributed by atoms with E-state index in [-0.39, 0.29) is 18.4 Å². The highest BCUT2D eigenvalue weighted by molar-refractivity contribution is 7.14. The second-order valence-electron chi connectivity index (χ2n) is 6.33. The van der Waals surface area contributed by atoms with E-state index in [1.54, 1.807) is 37.5 Å². The lowest BCUT2D eigenvalue weighted by atomic mass is 10.0. The van der Waals surface area contributed by atoms with Gasteiger partial charge in [-0.2, -0.15) is 0 Å². The lowest BCUT2D eigenvalue weighted by Crippen LogP contribution is -2.33. The van der Waals surface area contributed by atoms with Gasteiger partial charge < -0.3 is 10.6 Å².